The largest absolute Gasteiger partial charge is 0.456 e. The van der Waals surface area contributed by atoms with Crippen LogP contribution in [0.1, 0.15) is 0 Å². The average Bonchev–Trinajstić information content (AvgIpc) is 3.72. The van der Waals surface area contributed by atoms with Crippen molar-refractivity contribution < 1.29 is 8.83 Å². The Kier molecular flexibility index (Phi) is 5.31. The fraction of sp³-hybridized carbons (Fsp3) is 0. The Morgan fingerprint density at radius 2 is 0.870 bits per heavy atom. The highest BCUT2D eigenvalue weighted by Crippen LogP contribution is 2.50. The number of furan rings is 2. The van der Waals surface area contributed by atoms with Crippen LogP contribution in [0.15, 0.2) is 167 Å². The molecule has 8 aromatic carbocycles. The first-order valence-electron chi connectivity index (χ1n) is 15.7. The van der Waals surface area contributed by atoms with Crippen molar-refractivity contribution in [2.24, 2.45) is 0 Å². The molecule has 0 bridgehead atoms. The average molecular weight is 587 g/mol. The molecule has 2 heterocycles. The van der Waals surface area contributed by atoms with E-state index in [4.69, 9.17) is 8.83 Å². The van der Waals surface area contributed by atoms with Crippen molar-refractivity contribution in [2.45, 2.75) is 0 Å². The third-order valence-corrected chi connectivity index (χ3v) is 9.48. The Labute approximate surface area is 264 Å². The van der Waals surface area contributed by atoms with Crippen LogP contribution in [-0.2, 0) is 0 Å². The Balaban J connectivity index is 1.37. The predicted molar refractivity (Wildman–Crippen MR) is 192 cm³/mol. The fourth-order valence-electron chi connectivity index (χ4n) is 7.49. The lowest BCUT2D eigenvalue weighted by atomic mass is 9.82. The Bertz CT molecular complexity index is 2720. The summed E-state index contributed by atoms with van der Waals surface area (Å²) in [5, 5.41) is 10.5. The minimum Gasteiger partial charge on any atom is -0.456 e. The molecule has 10 rings (SSSR count). The van der Waals surface area contributed by atoms with Gasteiger partial charge in [-0.2, -0.15) is 0 Å². The highest BCUT2D eigenvalue weighted by Gasteiger charge is 2.23. The lowest BCUT2D eigenvalue weighted by Crippen LogP contribution is -1.94. The van der Waals surface area contributed by atoms with Gasteiger partial charge in [-0.05, 0) is 62.1 Å². The van der Waals surface area contributed by atoms with Gasteiger partial charge in [0.15, 0.2) is 0 Å². The van der Waals surface area contributed by atoms with E-state index in [1.165, 1.54) is 49.0 Å². The van der Waals surface area contributed by atoms with Crippen molar-refractivity contribution in [3.05, 3.63) is 158 Å². The first-order valence-corrected chi connectivity index (χ1v) is 15.7. The van der Waals surface area contributed by atoms with Crippen LogP contribution in [0.2, 0.25) is 0 Å². The van der Waals surface area contributed by atoms with E-state index < -0.39 is 0 Å². The summed E-state index contributed by atoms with van der Waals surface area (Å²) >= 11 is 0. The molecule has 2 heteroatoms. The maximum absolute atomic E-state index is 6.60. The third kappa shape index (κ3) is 3.59. The monoisotopic (exact) mass is 586 g/mol. The van der Waals surface area contributed by atoms with Crippen molar-refractivity contribution in [3.63, 3.8) is 0 Å². The molecule has 0 spiro atoms. The van der Waals surface area contributed by atoms with E-state index in [9.17, 15) is 0 Å². The molecule has 0 amide bonds. The van der Waals surface area contributed by atoms with E-state index in [1.807, 2.05) is 18.2 Å². The zero-order valence-corrected chi connectivity index (χ0v) is 24.8. The summed E-state index contributed by atoms with van der Waals surface area (Å²) in [5.41, 5.74) is 8.46. The Morgan fingerprint density at radius 3 is 1.59 bits per heavy atom. The van der Waals surface area contributed by atoms with Gasteiger partial charge in [-0.1, -0.05) is 133 Å². The van der Waals surface area contributed by atoms with Gasteiger partial charge in [0, 0.05) is 38.4 Å². The van der Waals surface area contributed by atoms with Gasteiger partial charge >= 0.3 is 0 Å². The molecular weight excluding hydrogens is 560 g/mol. The summed E-state index contributed by atoms with van der Waals surface area (Å²) in [6.07, 6.45) is 0. The second-order valence-electron chi connectivity index (χ2n) is 12.0. The zero-order chi connectivity index (χ0) is 30.2. The fourth-order valence-corrected chi connectivity index (χ4v) is 7.49. The maximum atomic E-state index is 6.60. The maximum Gasteiger partial charge on any atom is 0.143 e. The Morgan fingerprint density at radius 1 is 0.304 bits per heavy atom. The van der Waals surface area contributed by atoms with Gasteiger partial charge in [-0.15, -0.1) is 0 Å². The number of para-hydroxylation sites is 3. The highest BCUT2D eigenvalue weighted by atomic mass is 16.3. The molecule has 0 unspecified atom stereocenters. The number of rotatable bonds is 3. The quantitative estimate of drug-likeness (QED) is 0.193. The standard InChI is InChI=1S/C44H26O2/c1-3-14-29-27(12-1)24-25-36(40-26-28-13-2-9-22-38(28)45-40)42(29)43-33-18-6-4-16-31(33)41(32-17-5-7-19-34(32)43)37-21-11-20-35-30-15-8-10-23-39(30)46-44(35)37/h1-26H. The van der Waals surface area contributed by atoms with Crippen molar-refractivity contribution in [3.8, 4) is 33.6 Å². The van der Waals surface area contributed by atoms with Crippen LogP contribution in [0.25, 0.3) is 98.8 Å². The van der Waals surface area contributed by atoms with E-state index in [0.717, 1.165) is 49.8 Å². The summed E-state index contributed by atoms with van der Waals surface area (Å²) in [7, 11) is 0. The first kappa shape index (κ1) is 25.2. The van der Waals surface area contributed by atoms with Gasteiger partial charge in [0.05, 0.1) is 0 Å². The Hall–Kier alpha value is -6.12. The molecule has 0 radical (unpaired) electrons. The topological polar surface area (TPSA) is 26.3 Å². The third-order valence-electron chi connectivity index (χ3n) is 9.48. The molecule has 0 fully saturated rings. The normalized spacial score (nSPS) is 11.9. The summed E-state index contributed by atoms with van der Waals surface area (Å²) in [6.45, 7) is 0. The van der Waals surface area contributed by atoms with Crippen LogP contribution in [0.5, 0.6) is 0 Å². The number of hydrogen-bond acceptors (Lipinski definition) is 2. The van der Waals surface area contributed by atoms with Crippen molar-refractivity contribution in [2.75, 3.05) is 0 Å². The summed E-state index contributed by atoms with van der Waals surface area (Å²) in [4.78, 5) is 0. The van der Waals surface area contributed by atoms with Gasteiger partial charge in [0.1, 0.15) is 22.5 Å². The molecule has 0 N–H and O–H groups in total. The number of benzene rings is 8. The summed E-state index contributed by atoms with van der Waals surface area (Å²) < 4.78 is 13.1. The van der Waals surface area contributed by atoms with Crippen LogP contribution >= 0.6 is 0 Å². The van der Waals surface area contributed by atoms with Gasteiger partial charge in [-0.25, -0.2) is 0 Å². The molecule has 2 aromatic heterocycles. The van der Waals surface area contributed by atoms with E-state index >= 15 is 0 Å². The van der Waals surface area contributed by atoms with E-state index in [0.29, 0.717) is 0 Å². The summed E-state index contributed by atoms with van der Waals surface area (Å²) in [5.74, 6) is 0.867. The second-order valence-corrected chi connectivity index (χ2v) is 12.0. The smallest absolute Gasteiger partial charge is 0.143 e. The van der Waals surface area contributed by atoms with Crippen LogP contribution in [-0.4, -0.2) is 0 Å². The van der Waals surface area contributed by atoms with Crippen LogP contribution in [0, 0.1) is 0 Å². The molecule has 0 atom stereocenters. The predicted octanol–water partition coefficient (Wildman–Crippen LogP) is 12.8. The van der Waals surface area contributed by atoms with Crippen molar-refractivity contribution >= 4 is 65.2 Å². The van der Waals surface area contributed by atoms with E-state index in [2.05, 4.69) is 140 Å². The van der Waals surface area contributed by atoms with Gasteiger partial charge in [0.2, 0.25) is 0 Å². The molecule has 46 heavy (non-hydrogen) atoms. The SMILES string of the molecule is c1ccc2oc(-c3ccc4ccccc4c3-c3c4ccccc4c(-c4cccc5c4oc4ccccc45)c4ccccc34)cc2c1. The van der Waals surface area contributed by atoms with E-state index in [1.54, 1.807) is 0 Å². The van der Waals surface area contributed by atoms with E-state index in [-0.39, 0.29) is 0 Å². The minimum atomic E-state index is 0.867. The minimum absolute atomic E-state index is 0.867. The molecule has 0 saturated heterocycles. The highest BCUT2D eigenvalue weighted by molar-refractivity contribution is 6.27. The van der Waals surface area contributed by atoms with Crippen LogP contribution < -0.4 is 0 Å². The molecule has 2 nitrogen and oxygen atoms in total. The van der Waals surface area contributed by atoms with Gasteiger partial charge < -0.3 is 8.83 Å². The van der Waals surface area contributed by atoms with Crippen LogP contribution in [0.4, 0.5) is 0 Å². The second kappa shape index (κ2) is 9.69. The molecule has 10 aromatic rings. The van der Waals surface area contributed by atoms with Crippen LogP contribution in [0.3, 0.4) is 0 Å². The molecular formula is C44H26O2. The lowest BCUT2D eigenvalue weighted by Gasteiger charge is -2.20. The first-order chi connectivity index (χ1) is 22.8. The van der Waals surface area contributed by atoms with Crippen molar-refractivity contribution in [1.82, 2.24) is 0 Å². The number of fused-ring (bicyclic) bond motifs is 7. The zero-order valence-electron chi connectivity index (χ0n) is 24.8. The molecule has 0 aliphatic rings. The molecule has 0 aliphatic carbocycles. The molecule has 0 saturated carbocycles. The molecule has 0 aliphatic heterocycles. The van der Waals surface area contributed by atoms with Gasteiger partial charge in [-0.3, -0.25) is 0 Å². The lowest BCUT2D eigenvalue weighted by molar-refractivity contribution is 0.632. The molecule has 214 valence electrons. The summed E-state index contributed by atoms with van der Waals surface area (Å²) in [6, 6.07) is 56.0. The van der Waals surface area contributed by atoms with Gasteiger partial charge in [0.25, 0.3) is 0 Å². The van der Waals surface area contributed by atoms with Crippen molar-refractivity contribution in [1.29, 1.82) is 0 Å². The number of hydrogen-bond donors (Lipinski definition) is 0.